The number of rotatable bonds is 2. The zero-order valence-corrected chi connectivity index (χ0v) is 17.9. The lowest BCUT2D eigenvalue weighted by Crippen LogP contribution is -2.72. The summed E-state index contributed by atoms with van der Waals surface area (Å²) in [4.78, 5) is 14.8. The fraction of sp³-hybridized carbons (Fsp3) is 0.875. The summed E-state index contributed by atoms with van der Waals surface area (Å²) in [6, 6.07) is 0.281. The first-order valence-corrected chi connectivity index (χ1v) is 11.7. The Labute approximate surface area is 173 Å². The van der Waals surface area contributed by atoms with Gasteiger partial charge in [-0.2, -0.15) is 0 Å². The van der Waals surface area contributed by atoms with Gasteiger partial charge in [-0.15, -0.1) is 0 Å². The Morgan fingerprint density at radius 3 is 2.76 bits per heavy atom. The van der Waals surface area contributed by atoms with Crippen molar-refractivity contribution < 1.29 is 19.7 Å². The van der Waals surface area contributed by atoms with Gasteiger partial charge in [-0.05, 0) is 61.5 Å². The van der Waals surface area contributed by atoms with Crippen LogP contribution in [0, 0.1) is 39.9 Å². The fourth-order valence-corrected chi connectivity index (χ4v) is 10.3. The Morgan fingerprint density at radius 1 is 1.31 bits per heavy atom. The van der Waals surface area contributed by atoms with Gasteiger partial charge < -0.3 is 14.9 Å². The predicted octanol–water partition coefficient (Wildman–Crippen LogP) is 2.36. The van der Waals surface area contributed by atoms with Gasteiger partial charge in [0.1, 0.15) is 6.10 Å². The first kappa shape index (κ1) is 18.8. The minimum Gasteiger partial charge on any atom is -0.462 e. The van der Waals surface area contributed by atoms with Gasteiger partial charge in [0.25, 0.3) is 0 Å². The van der Waals surface area contributed by atoms with Gasteiger partial charge in [-0.1, -0.05) is 20.4 Å². The van der Waals surface area contributed by atoms with Crippen LogP contribution in [0.4, 0.5) is 0 Å². The quantitative estimate of drug-likeness (QED) is 0.549. The lowest BCUT2D eigenvalue weighted by molar-refractivity contribution is -0.261. The minimum atomic E-state index is -0.539. The Bertz CT molecular complexity index is 798. The summed E-state index contributed by atoms with van der Waals surface area (Å²) < 4.78 is 6.07. The van der Waals surface area contributed by atoms with Crippen molar-refractivity contribution in [3.8, 4) is 0 Å². The van der Waals surface area contributed by atoms with E-state index in [1.165, 1.54) is 6.92 Å². The molecule has 11 atom stereocenters. The summed E-state index contributed by atoms with van der Waals surface area (Å²) in [5.41, 5.74) is 0.492. The van der Waals surface area contributed by atoms with E-state index in [-0.39, 0.29) is 52.3 Å². The Morgan fingerprint density at radius 2 is 2.07 bits per heavy atom. The molecule has 160 valence electrons. The fourth-order valence-electron chi connectivity index (χ4n) is 10.3. The molecule has 0 aromatic heterocycles. The van der Waals surface area contributed by atoms with E-state index < -0.39 is 6.10 Å². The summed E-state index contributed by atoms with van der Waals surface area (Å²) in [7, 11) is 0. The second-order valence-corrected chi connectivity index (χ2v) is 11.4. The SMILES string of the molecule is C=C1[C@H]2CC[C@]3([C@@H]([C@H]2OC(C)=O)[C@@]24C5[C@@H]3C[C@@H]2[C@@](C)(CC[C@@H]4O)CN5CC)[C@H]1O. The maximum Gasteiger partial charge on any atom is 0.302 e. The molecule has 7 bridgehead atoms. The summed E-state index contributed by atoms with van der Waals surface area (Å²) >= 11 is 0. The molecule has 5 nitrogen and oxygen atoms in total. The number of hydrogen-bond acceptors (Lipinski definition) is 5. The largest absolute Gasteiger partial charge is 0.462 e. The standard InChI is InChI=1S/C24H35NO4/c1-5-25-11-22(4)8-7-17(27)24-16(22)10-15(20(24)25)23-9-6-14(12(2)21(23)28)18(19(23)24)29-13(3)26/h14-21,27-28H,2,5-11H2,1,3-4H3/t14-,15+,16-,17+,18+,19-,20?,21+,22+,23+,24-/m1/s1. The second-order valence-electron chi connectivity index (χ2n) is 11.4. The van der Waals surface area contributed by atoms with E-state index in [1.807, 2.05) is 0 Å². The molecule has 7 fully saturated rings. The van der Waals surface area contributed by atoms with Crippen LogP contribution in [0.3, 0.4) is 0 Å². The van der Waals surface area contributed by atoms with E-state index in [9.17, 15) is 15.0 Å². The number of hydrogen-bond donors (Lipinski definition) is 2. The van der Waals surface area contributed by atoms with E-state index in [4.69, 9.17) is 4.74 Å². The summed E-state index contributed by atoms with van der Waals surface area (Å²) in [5.74, 6) is 0.606. The molecule has 2 spiro atoms. The van der Waals surface area contributed by atoms with Crippen molar-refractivity contribution in [2.24, 2.45) is 39.9 Å². The third-order valence-electron chi connectivity index (χ3n) is 10.8. The molecule has 1 saturated heterocycles. The number of carbonyl (C=O) groups excluding carboxylic acids is 1. The molecule has 29 heavy (non-hydrogen) atoms. The van der Waals surface area contributed by atoms with Crippen molar-refractivity contribution in [3.63, 3.8) is 0 Å². The van der Waals surface area contributed by atoms with Crippen molar-refractivity contribution in [2.75, 3.05) is 13.1 Å². The summed E-state index contributed by atoms with van der Waals surface area (Å²) in [5, 5.41) is 23.3. The monoisotopic (exact) mass is 401 g/mol. The number of piperidine rings is 1. The van der Waals surface area contributed by atoms with Gasteiger partial charge in [0.2, 0.25) is 0 Å². The average molecular weight is 402 g/mol. The van der Waals surface area contributed by atoms with Crippen LogP contribution in [0.5, 0.6) is 0 Å². The molecule has 6 saturated carbocycles. The van der Waals surface area contributed by atoms with Gasteiger partial charge in [-0.3, -0.25) is 9.69 Å². The highest BCUT2D eigenvalue weighted by molar-refractivity contribution is 5.66. The van der Waals surface area contributed by atoms with Crippen LogP contribution in [-0.2, 0) is 9.53 Å². The molecule has 0 aromatic carbocycles. The number of ether oxygens (including phenoxy) is 1. The van der Waals surface area contributed by atoms with E-state index in [2.05, 4.69) is 25.3 Å². The van der Waals surface area contributed by atoms with E-state index in [0.717, 1.165) is 50.8 Å². The van der Waals surface area contributed by atoms with Crippen LogP contribution in [-0.4, -0.2) is 58.5 Å². The predicted molar refractivity (Wildman–Crippen MR) is 108 cm³/mol. The Kier molecular flexibility index (Phi) is 3.55. The van der Waals surface area contributed by atoms with Gasteiger partial charge in [0, 0.05) is 42.2 Å². The number of carbonyl (C=O) groups is 1. The van der Waals surface area contributed by atoms with Gasteiger partial charge in [0.15, 0.2) is 0 Å². The third kappa shape index (κ3) is 1.77. The molecule has 1 heterocycles. The first-order chi connectivity index (χ1) is 13.7. The molecule has 0 amide bonds. The number of aliphatic hydroxyl groups excluding tert-OH is 2. The van der Waals surface area contributed by atoms with E-state index in [1.54, 1.807) is 0 Å². The molecule has 7 rings (SSSR count). The van der Waals surface area contributed by atoms with Gasteiger partial charge >= 0.3 is 5.97 Å². The van der Waals surface area contributed by atoms with E-state index in [0.29, 0.717) is 11.8 Å². The Balaban J connectivity index is 1.61. The lowest BCUT2D eigenvalue weighted by Gasteiger charge is -2.69. The molecular formula is C24H35NO4. The average Bonchev–Trinajstić information content (AvgIpc) is 3.12. The topological polar surface area (TPSA) is 70.0 Å². The van der Waals surface area contributed by atoms with Crippen LogP contribution >= 0.6 is 0 Å². The molecule has 1 aliphatic heterocycles. The molecule has 7 aliphatic rings. The molecule has 6 aliphatic carbocycles. The number of nitrogens with zero attached hydrogens (tertiary/aromatic N) is 1. The summed E-state index contributed by atoms with van der Waals surface area (Å²) in [6.07, 6.45) is 3.72. The van der Waals surface area contributed by atoms with Gasteiger partial charge in [0.05, 0.1) is 12.2 Å². The van der Waals surface area contributed by atoms with Crippen LogP contribution in [0.1, 0.15) is 52.9 Å². The number of fused-ring (bicyclic) bond motifs is 2. The normalized spacial score (nSPS) is 59.7. The Hall–Kier alpha value is -0.910. The molecule has 2 N–H and O–H groups in total. The van der Waals surface area contributed by atoms with Crippen LogP contribution in [0.15, 0.2) is 12.2 Å². The van der Waals surface area contributed by atoms with E-state index >= 15 is 0 Å². The van der Waals surface area contributed by atoms with Crippen LogP contribution < -0.4 is 0 Å². The van der Waals surface area contributed by atoms with Crippen molar-refractivity contribution in [1.82, 2.24) is 4.90 Å². The highest BCUT2D eigenvalue weighted by Gasteiger charge is 2.86. The van der Waals surface area contributed by atoms with Gasteiger partial charge in [-0.25, -0.2) is 0 Å². The highest BCUT2D eigenvalue weighted by Crippen LogP contribution is 2.83. The molecule has 5 heteroatoms. The second kappa shape index (κ2) is 5.46. The molecular weight excluding hydrogens is 366 g/mol. The zero-order chi connectivity index (χ0) is 20.5. The lowest BCUT2D eigenvalue weighted by atomic mass is 9.38. The van der Waals surface area contributed by atoms with Crippen molar-refractivity contribution in [3.05, 3.63) is 12.2 Å². The molecule has 0 aromatic rings. The summed E-state index contributed by atoms with van der Waals surface area (Å²) in [6.45, 7) is 12.5. The van der Waals surface area contributed by atoms with Crippen molar-refractivity contribution in [2.45, 2.75) is 77.2 Å². The first-order valence-electron chi connectivity index (χ1n) is 11.7. The molecule has 0 radical (unpaired) electrons. The maximum absolute atomic E-state index is 12.2. The molecule has 1 unspecified atom stereocenters. The maximum atomic E-state index is 12.2. The third-order valence-corrected chi connectivity index (χ3v) is 10.8. The zero-order valence-electron chi connectivity index (χ0n) is 17.9. The number of esters is 1. The van der Waals surface area contributed by atoms with Crippen molar-refractivity contribution >= 4 is 5.97 Å². The highest BCUT2D eigenvalue weighted by atomic mass is 16.5. The minimum absolute atomic E-state index is 0.0192. The van der Waals surface area contributed by atoms with Crippen LogP contribution in [0.25, 0.3) is 0 Å². The number of likely N-dealkylation sites (tertiary alicyclic amines) is 1. The number of aliphatic hydroxyl groups is 2. The van der Waals surface area contributed by atoms with Crippen molar-refractivity contribution in [1.29, 1.82) is 0 Å². The van der Waals surface area contributed by atoms with Crippen LogP contribution in [0.2, 0.25) is 0 Å². The smallest absolute Gasteiger partial charge is 0.302 e.